The Morgan fingerprint density at radius 3 is 2.55 bits per heavy atom. The van der Waals surface area contributed by atoms with E-state index < -0.39 is 17.6 Å². The predicted molar refractivity (Wildman–Crippen MR) is 100 cm³/mol. The fourth-order valence-electron chi connectivity index (χ4n) is 4.04. The van der Waals surface area contributed by atoms with Gasteiger partial charge in [-0.25, -0.2) is 0 Å². The molecule has 0 bridgehead atoms. The highest BCUT2D eigenvalue weighted by Crippen LogP contribution is 2.29. The Kier molecular flexibility index (Phi) is 6.79. The van der Waals surface area contributed by atoms with E-state index in [0.29, 0.717) is 6.04 Å². The summed E-state index contributed by atoms with van der Waals surface area (Å²) in [6, 6.07) is 4.51. The molecule has 1 aliphatic heterocycles. The Hall–Kier alpha value is -2.13. The predicted octanol–water partition coefficient (Wildman–Crippen LogP) is 1.93. The van der Waals surface area contributed by atoms with Gasteiger partial charge in [-0.15, -0.1) is 0 Å². The van der Waals surface area contributed by atoms with Crippen LogP contribution in [0.5, 0.6) is 0 Å². The average Bonchev–Trinajstić information content (AvgIpc) is 3.14. The SMILES string of the molecule is O=C(CNC(=O)c1cccc(C(F)(F)F)c1)N[C@@H]1CCN(C2CCC(O)CC2)C1. The third kappa shape index (κ3) is 5.93. The smallest absolute Gasteiger partial charge is 0.393 e. The quantitative estimate of drug-likeness (QED) is 0.689. The molecule has 0 unspecified atom stereocenters. The van der Waals surface area contributed by atoms with Crippen LogP contribution in [-0.4, -0.2) is 59.6 Å². The van der Waals surface area contributed by atoms with Crippen LogP contribution >= 0.6 is 0 Å². The van der Waals surface area contributed by atoms with Crippen LogP contribution in [0.4, 0.5) is 13.2 Å². The maximum atomic E-state index is 12.7. The fourth-order valence-corrected chi connectivity index (χ4v) is 4.04. The third-order valence-corrected chi connectivity index (χ3v) is 5.63. The van der Waals surface area contributed by atoms with Crippen molar-refractivity contribution in [1.29, 1.82) is 0 Å². The van der Waals surface area contributed by atoms with Crippen LogP contribution in [0.3, 0.4) is 0 Å². The van der Waals surface area contributed by atoms with E-state index in [0.717, 1.165) is 63.4 Å². The lowest BCUT2D eigenvalue weighted by molar-refractivity contribution is -0.137. The topological polar surface area (TPSA) is 81.7 Å². The molecule has 3 N–H and O–H groups in total. The van der Waals surface area contributed by atoms with Gasteiger partial charge in [0.2, 0.25) is 5.91 Å². The number of benzene rings is 1. The number of likely N-dealkylation sites (tertiary alicyclic amines) is 1. The van der Waals surface area contributed by atoms with E-state index in [9.17, 15) is 27.9 Å². The molecule has 1 heterocycles. The summed E-state index contributed by atoms with van der Waals surface area (Å²) >= 11 is 0. The molecule has 1 atom stereocenters. The van der Waals surface area contributed by atoms with Gasteiger partial charge in [0.15, 0.2) is 0 Å². The first kappa shape index (κ1) is 21.6. The minimum atomic E-state index is -4.53. The molecule has 1 aromatic carbocycles. The van der Waals surface area contributed by atoms with Gasteiger partial charge in [-0.2, -0.15) is 13.2 Å². The second-order valence-corrected chi connectivity index (χ2v) is 7.77. The number of nitrogens with zero attached hydrogens (tertiary/aromatic N) is 1. The zero-order valence-electron chi connectivity index (χ0n) is 16.0. The van der Waals surface area contributed by atoms with Gasteiger partial charge in [0.1, 0.15) is 0 Å². The second-order valence-electron chi connectivity index (χ2n) is 7.77. The maximum Gasteiger partial charge on any atom is 0.416 e. The highest BCUT2D eigenvalue weighted by Gasteiger charge is 2.32. The Morgan fingerprint density at radius 1 is 1.14 bits per heavy atom. The van der Waals surface area contributed by atoms with Crippen LogP contribution < -0.4 is 10.6 Å². The highest BCUT2D eigenvalue weighted by molar-refractivity contribution is 5.96. The molecule has 1 saturated carbocycles. The Bertz CT molecular complexity index is 733. The average molecular weight is 413 g/mol. The molecule has 0 radical (unpaired) electrons. The van der Waals surface area contributed by atoms with Crippen LogP contribution in [0.1, 0.15) is 48.0 Å². The first-order chi connectivity index (χ1) is 13.7. The molecule has 29 heavy (non-hydrogen) atoms. The second kappa shape index (κ2) is 9.13. The molecule has 2 fully saturated rings. The van der Waals surface area contributed by atoms with Crippen molar-refractivity contribution in [3.05, 3.63) is 35.4 Å². The summed E-state index contributed by atoms with van der Waals surface area (Å²) in [5.41, 5.74) is -1.05. The summed E-state index contributed by atoms with van der Waals surface area (Å²) in [6.45, 7) is 1.32. The van der Waals surface area contributed by atoms with Crippen molar-refractivity contribution < 1.29 is 27.9 Å². The van der Waals surface area contributed by atoms with Gasteiger partial charge in [0.25, 0.3) is 5.91 Å². The summed E-state index contributed by atoms with van der Waals surface area (Å²) in [4.78, 5) is 26.5. The molecule has 2 amide bonds. The zero-order valence-corrected chi connectivity index (χ0v) is 16.0. The number of carbonyl (C=O) groups is 2. The maximum absolute atomic E-state index is 12.7. The standard InChI is InChI=1S/C20H26F3N3O3/c21-20(22,23)14-3-1-2-13(10-14)19(29)24-11-18(28)25-15-8-9-26(12-15)16-4-6-17(27)7-5-16/h1-3,10,15-17,27H,4-9,11-12H2,(H,24,29)(H,25,28)/t15-,16?,17?/m1/s1. The largest absolute Gasteiger partial charge is 0.416 e. The zero-order chi connectivity index (χ0) is 21.0. The summed E-state index contributed by atoms with van der Waals surface area (Å²) in [6.07, 6.45) is -0.404. The first-order valence-corrected chi connectivity index (χ1v) is 9.89. The van der Waals surface area contributed by atoms with Gasteiger partial charge in [0.05, 0.1) is 18.2 Å². The molecule has 1 aliphatic carbocycles. The van der Waals surface area contributed by atoms with Crippen LogP contribution in [0.2, 0.25) is 0 Å². The normalized spacial score (nSPS) is 25.6. The number of amides is 2. The van der Waals surface area contributed by atoms with E-state index in [4.69, 9.17) is 0 Å². The van der Waals surface area contributed by atoms with Crippen LogP contribution in [0.25, 0.3) is 0 Å². The number of nitrogens with one attached hydrogen (secondary N) is 2. The van der Waals surface area contributed by atoms with Gasteiger partial charge in [-0.3, -0.25) is 14.5 Å². The first-order valence-electron chi connectivity index (χ1n) is 9.89. The van der Waals surface area contributed by atoms with E-state index in [2.05, 4.69) is 15.5 Å². The molecule has 1 aromatic rings. The van der Waals surface area contributed by atoms with E-state index in [1.165, 1.54) is 6.07 Å². The van der Waals surface area contributed by atoms with Crippen LogP contribution in [0, 0.1) is 0 Å². The third-order valence-electron chi connectivity index (χ3n) is 5.63. The molecule has 1 saturated heterocycles. The van der Waals surface area contributed by atoms with Crippen molar-refractivity contribution in [2.24, 2.45) is 0 Å². The number of hydrogen-bond acceptors (Lipinski definition) is 4. The summed E-state index contributed by atoms with van der Waals surface area (Å²) in [5, 5.41) is 14.9. The number of carbonyl (C=O) groups excluding carboxylic acids is 2. The Balaban J connectivity index is 1.43. The molecule has 2 aliphatic rings. The van der Waals surface area contributed by atoms with Gasteiger partial charge < -0.3 is 15.7 Å². The molecule has 0 aromatic heterocycles. The molecular formula is C20H26F3N3O3. The molecule has 9 heteroatoms. The highest BCUT2D eigenvalue weighted by atomic mass is 19.4. The molecule has 160 valence electrons. The number of aliphatic hydroxyl groups is 1. The van der Waals surface area contributed by atoms with Crippen molar-refractivity contribution >= 4 is 11.8 Å². The van der Waals surface area contributed by atoms with E-state index in [1.54, 1.807) is 0 Å². The van der Waals surface area contributed by atoms with Crippen molar-refractivity contribution in [1.82, 2.24) is 15.5 Å². The lowest BCUT2D eigenvalue weighted by Gasteiger charge is -2.33. The van der Waals surface area contributed by atoms with Crippen molar-refractivity contribution in [2.75, 3.05) is 19.6 Å². The fraction of sp³-hybridized carbons (Fsp3) is 0.600. The number of halogens is 3. The monoisotopic (exact) mass is 413 g/mol. The van der Waals surface area contributed by atoms with Gasteiger partial charge in [0, 0.05) is 30.7 Å². The van der Waals surface area contributed by atoms with Crippen LogP contribution in [-0.2, 0) is 11.0 Å². The van der Waals surface area contributed by atoms with Gasteiger partial charge in [-0.05, 0) is 50.3 Å². The Morgan fingerprint density at radius 2 is 1.86 bits per heavy atom. The summed E-state index contributed by atoms with van der Waals surface area (Å²) in [5.74, 6) is -1.09. The lowest BCUT2D eigenvalue weighted by atomic mass is 9.92. The van der Waals surface area contributed by atoms with Gasteiger partial charge in [-0.1, -0.05) is 6.07 Å². The summed E-state index contributed by atoms with van der Waals surface area (Å²) < 4.78 is 38.2. The van der Waals surface area contributed by atoms with Crippen molar-refractivity contribution in [2.45, 2.75) is 56.5 Å². The van der Waals surface area contributed by atoms with E-state index in [1.807, 2.05) is 0 Å². The molecule has 3 rings (SSSR count). The Labute approximate surface area is 167 Å². The van der Waals surface area contributed by atoms with Crippen molar-refractivity contribution in [3.63, 3.8) is 0 Å². The minimum Gasteiger partial charge on any atom is -0.393 e. The number of alkyl halides is 3. The number of hydrogen-bond donors (Lipinski definition) is 3. The van der Waals surface area contributed by atoms with E-state index >= 15 is 0 Å². The van der Waals surface area contributed by atoms with Crippen molar-refractivity contribution in [3.8, 4) is 0 Å². The number of aliphatic hydroxyl groups excluding tert-OH is 1. The van der Waals surface area contributed by atoms with E-state index in [-0.39, 0.29) is 30.2 Å². The molecule has 6 nitrogen and oxygen atoms in total. The molecular weight excluding hydrogens is 387 g/mol. The summed E-state index contributed by atoms with van der Waals surface area (Å²) in [7, 11) is 0. The van der Waals surface area contributed by atoms with Gasteiger partial charge >= 0.3 is 6.18 Å². The van der Waals surface area contributed by atoms with Crippen LogP contribution in [0.15, 0.2) is 24.3 Å². The minimum absolute atomic E-state index is 0.0141. The number of rotatable bonds is 5. The molecule has 0 spiro atoms. The lowest BCUT2D eigenvalue weighted by Crippen LogP contribution is -2.44.